The molecule has 0 atom stereocenters. The molecule has 6 heterocycles. The van der Waals surface area contributed by atoms with Crippen molar-refractivity contribution < 1.29 is 35.9 Å². The molecular formula is C34H34F6N12O2. The molecule has 2 aliphatic carbocycles. The average Bonchev–Trinajstić information content (AvgIpc) is 3.98. The molecule has 6 aromatic heterocycles. The Kier molecular flexibility index (Phi) is 10.1. The van der Waals surface area contributed by atoms with E-state index < -0.39 is 36.0 Å². The molecule has 2 fully saturated rings. The zero-order valence-electron chi connectivity index (χ0n) is 28.4. The van der Waals surface area contributed by atoms with Crippen LogP contribution in [0, 0.1) is 11.8 Å². The van der Waals surface area contributed by atoms with E-state index in [2.05, 4.69) is 50.5 Å². The molecule has 2 aliphatic rings. The molecule has 2 saturated carbocycles. The molecule has 0 radical (unpaired) electrons. The molecule has 8 rings (SSSR count). The summed E-state index contributed by atoms with van der Waals surface area (Å²) in [7, 11) is 0. The summed E-state index contributed by atoms with van der Waals surface area (Å²) in [5, 5.41) is 5.64. The minimum atomic E-state index is -4.17. The Morgan fingerprint density at radius 1 is 0.611 bits per heavy atom. The molecule has 14 nitrogen and oxygen atoms in total. The fraction of sp³-hybridized carbons (Fsp3) is 0.412. The van der Waals surface area contributed by atoms with Gasteiger partial charge in [-0.15, -0.1) is 0 Å². The van der Waals surface area contributed by atoms with Gasteiger partial charge in [0.2, 0.25) is 11.9 Å². The average molecular weight is 757 g/mol. The SMILES string of the molecule is O=C(NC1CCC(C(F)(F)F)CC1)c1nc(-n2ccnc2)nc2cc[nH]c12.O=C(NC1CCC(C(F)(F)F)CC1)c1nc(-n2ccnc2)nc2cc[nH]c12. The van der Waals surface area contributed by atoms with Crippen molar-refractivity contribution >= 4 is 33.9 Å². The lowest BCUT2D eigenvalue weighted by molar-refractivity contribution is -0.183. The summed E-state index contributed by atoms with van der Waals surface area (Å²) in [5.41, 5.74) is 2.43. The van der Waals surface area contributed by atoms with Crippen molar-refractivity contribution in [2.24, 2.45) is 11.8 Å². The van der Waals surface area contributed by atoms with Crippen LogP contribution in [0.1, 0.15) is 72.3 Å². The van der Waals surface area contributed by atoms with Crippen molar-refractivity contribution in [1.82, 2.24) is 59.6 Å². The topological polar surface area (TPSA) is 177 Å². The summed E-state index contributed by atoms with van der Waals surface area (Å²) in [6, 6.07) is 2.85. The standard InChI is InChI=1S/2C17H17F3N6O/c2*18-17(19,20)10-1-3-11(4-2-10)23-15(27)14-13-12(5-6-22-13)24-16(25-14)26-8-7-21-9-26/h2*5-11,22H,1-4H2,(H,23,27). The molecule has 0 unspecified atom stereocenters. The number of fused-ring (bicyclic) bond motifs is 2. The number of carbonyl (C=O) groups is 2. The van der Waals surface area contributed by atoms with E-state index in [0.717, 1.165) is 0 Å². The van der Waals surface area contributed by atoms with Crippen LogP contribution in [0.2, 0.25) is 0 Å². The first kappa shape index (κ1) is 36.5. The van der Waals surface area contributed by atoms with Crippen LogP contribution in [-0.4, -0.2) is 85.3 Å². The van der Waals surface area contributed by atoms with Crippen LogP contribution in [0.4, 0.5) is 26.3 Å². The van der Waals surface area contributed by atoms with E-state index in [9.17, 15) is 35.9 Å². The molecular weight excluding hydrogens is 722 g/mol. The summed E-state index contributed by atoms with van der Waals surface area (Å²) in [6.45, 7) is 0. The third-order valence-corrected chi connectivity index (χ3v) is 9.74. The van der Waals surface area contributed by atoms with Gasteiger partial charge in [0.05, 0.1) is 33.9 Å². The predicted molar refractivity (Wildman–Crippen MR) is 181 cm³/mol. The van der Waals surface area contributed by atoms with Crippen LogP contribution in [-0.2, 0) is 0 Å². The zero-order chi connectivity index (χ0) is 38.0. The van der Waals surface area contributed by atoms with Gasteiger partial charge in [-0.2, -0.15) is 26.3 Å². The van der Waals surface area contributed by atoms with E-state index in [0.29, 0.717) is 59.6 Å². The van der Waals surface area contributed by atoms with Crippen molar-refractivity contribution in [3.63, 3.8) is 0 Å². The fourth-order valence-corrected chi connectivity index (χ4v) is 6.82. The van der Waals surface area contributed by atoms with Gasteiger partial charge in [-0.3, -0.25) is 18.7 Å². The Labute approximate surface area is 302 Å². The molecule has 0 aromatic carbocycles. The maximum atomic E-state index is 12.8. The normalized spacial score (nSPS) is 20.7. The Morgan fingerprint density at radius 3 is 1.33 bits per heavy atom. The lowest BCUT2D eigenvalue weighted by Gasteiger charge is -2.30. The molecule has 0 bridgehead atoms. The van der Waals surface area contributed by atoms with Gasteiger partial charge in [-0.25, -0.2) is 29.9 Å². The summed E-state index contributed by atoms with van der Waals surface area (Å²) in [4.78, 5) is 56.7. The Bertz CT molecular complexity index is 2040. The van der Waals surface area contributed by atoms with Gasteiger partial charge in [0, 0.05) is 49.3 Å². The maximum absolute atomic E-state index is 12.8. The van der Waals surface area contributed by atoms with Crippen molar-refractivity contribution in [3.05, 3.63) is 73.4 Å². The first-order valence-electron chi connectivity index (χ1n) is 17.3. The third kappa shape index (κ3) is 8.05. The Morgan fingerprint density at radius 2 is 1.00 bits per heavy atom. The quantitative estimate of drug-likeness (QED) is 0.150. The van der Waals surface area contributed by atoms with Gasteiger partial charge in [-0.05, 0) is 63.5 Å². The number of aromatic nitrogens is 10. The van der Waals surface area contributed by atoms with Crippen LogP contribution in [0.25, 0.3) is 34.0 Å². The van der Waals surface area contributed by atoms with Crippen LogP contribution >= 0.6 is 0 Å². The number of rotatable bonds is 6. The predicted octanol–water partition coefficient (Wildman–Crippen LogP) is 5.99. The monoisotopic (exact) mass is 756 g/mol. The first-order chi connectivity index (χ1) is 25.8. The lowest BCUT2D eigenvalue weighted by atomic mass is 9.85. The van der Waals surface area contributed by atoms with E-state index in [1.807, 2.05) is 0 Å². The van der Waals surface area contributed by atoms with Gasteiger partial charge >= 0.3 is 12.4 Å². The second kappa shape index (κ2) is 14.9. The van der Waals surface area contributed by atoms with Crippen molar-refractivity contribution in [2.75, 3.05) is 0 Å². The number of amides is 2. The van der Waals surface area contributed by atoms with E-state index in [-0.39, 0.29) is 49.2 Å². The number of alkyl halides is 6. The number of aromatic amines is 2. The van der Waals surface area contributed by atoms with Crippen molar-refractivity contribution in [3.8, 4) is 11.9 Å². The van der Waals surface area contributed by atoms with E-state index in [1.54, 1.807) is 58.4 Å². The number of halogens is 6. The molecule has 54 heavy (non-hydrogen) atoms. The Hall–Kier alpha value is -5.82. The minimum Gasteiger partial charge on any atom is -0.358 e. The number of H-pyrrole nitrogens is 2. The zero-order valence-corrected chi connectivity index (χ0v) is 28.4. The molecule has 284 valence electrons. The summed E-state index contributed by atoms with van der Waals surface area (Å²) in [5.74, 6) is -2.83. The minimum absolute atomic E-state index is 0.0242. The highest BCUT2D eigenvalue weighted by Crippen LogP contribution is 2.38. The number of imidazole rings is 2. The molecule has 6 aromatic rings. The molecule has 4 N–H and O–H groups in total. The summed E-state index contributed by atoms with van der Waals surface area (Å²) < 4.78 is 80.0. The second-order valence-electron chi connectivity index (χ2n) is 13.3. The number of nitrogens with zero attached hydrogens (tertiary/aromatic N) is 8. The van der Waals surface area contributed by atoms with Crippen LogP contribution < -0.4 is 10.6 Å². The van der Waals surface area contributed by atoms with Gasteiger partial charge in [0.15, 0.2) is 11.4 Å². The van der Waals surface area contributed by atoms with Gasteiger partial charge in [-0.1, -0.05) is 0 Å². The first-order valence-corrected chi connectivity index (χ1v) is 17.3. The molecule has 20 heteroatoms. The van der Waals surface area contributed by atoms with Crippen LogP contribution in [0.15, 0.2) is 62.0 Å². The van der Waals surface area contributed by atoms with E-state index >= 15 is 0 Å². The Balaban J connectivity index is 0.000000167. The van der Waals surface area contributed by atoms with E-state index in [4.69, 9.17) is 0 Å². The molecule has 0 saturated heterocycles. The van der Waals surface area contributed by atoms with Crippen LogP contribution in [0.3, 0.4) is 0 Å². The fourth-order valence-electron chi connectivity index (χ4n) is 6.82. The molecule has 0 aliphatic heterocycles. The highest BCUT2D eigenvalue weighted by atomic mass is 19.4. The number of hydrogen-bond acceptors (Lipinski definition) is 8. The van der Waals surface area contributed by atoms with Gasteiger partial charge < -0.3 is 20.6 Å². The smallest absolute Gasteiger partial charge is 0.358 e. The van der Waals surface area contributed by atoms with Crippen LogP contribution in [0.5, 0.6) is 0 Å². The second-order valence-corrected chi connectivity index (χ2v) is 13.3. The number of hydrogen-bond donors (Lipinski definition) is 4. The lowest BCUT2D eigenvalue weighted by Crippen LogP contribution is -2.40. The number of carbonyl (C=O) groups excluding carboxylic acids is 2. The highest BCUT2D eigenvalue weighted by molar-refractivity contribution is 6.04. The van der Waals surface area contributed by atoms with Gasteiger partial charge in [0.25, 0.3) is 11.8 Å². The van der Waals surface area contributed by atoms with E-state index in [1.165, 1.54) is 12.7 Å². The number of nitrogens with one attached hydrogen (secondary N) is 4. The summed E-state index contributed by atoms with van der Waals surface area (Å²) in [6.07, 6.45) is 5.76. The molecule has 2 amide bonds. The molecule has 0 spiro atoms. The van der Waals surface area contributed by atoms with Crippen molar-refractivity contribution in [1.29, 1.82) is 0 Å². The summed E-state index contributed by atoms with van der Waals surface area (Å²) >= 11 is 0. The maximum Gasteiger partial charge on any atom is 0.391 e. The largest absolute Gasteiger partial charge is 0.391 e. The van der Waals surface area contributed by atoms with Gasteiger partial charge in [0.1, 0.15) is 12.7 Å². The highest BCUT2D eigenvalue weighted by Gasteiger charge is 2.42. The van der Waals surface area contributed by atoms with Crippen molar-refractivity contribution in [2.45, 2.75) is 75.8 Å². The third-order valence-electron chi connectivity index (χ3n) is 9.74.